The summed E-state index contributed by atoms with van der Waals surface area (Å²) in [6, 6.07) is 18.7. The van der Waals surface area contributed by atoms with E-state index in [-0.39, 0.29) is 31.0 Å². The molecule has 0 aliphatic carbocycles. The van der Waals surface area contributed by atoms with E-state index in [1.54, 1.807) is 60.2 Å². The van der Waals surface area contributed by atoms with Crippen LogP contribution in [0.3, 0.4) is 0 Å². The van der Waals surface area contributed by atoms with Crippen molar-refractivity contribution in [2.75, 3.05) is 13.2 Å². The predicted octanol–water partition coefficient (Wildman–Crippen LogP) is 6.70. The van der Waals surface area contributed by atoms with Gasteiger partial charge < -0.3 is 14.0 Å². The number of alkyl halides is 3. The van der Waals surface area contributed by atoms with Gasteiger partial charge in [0.2, 0.25) is 0 Å². The molecule has 5 rings (SSSR count). The minimum absolute atomic E-state index is 0.115. The Morgan fingerprint density at radius 2 is 1.64 bits per heavy atom. The van der Waals surface area contributed by atoms with Crippen LogP contribution in [0.5, 0.6) is 5.75 Å². The average molecular weight is 619 g/mol. The van der Waals surface area contributed by atoms with Crippen molar-refractivity contribution in [1.82, 2.24) is 19.1 Å². The van der Waals surface area contributed by atoms with Crippen molar-refractivity contribution in [3.63, 3.8) is 0 Å². The highest BCUT2D eigenvalue weighted by atomic mass is 19.4. The number of halogens is 3. The summed E-state index contributed by atoms with van der Waals surface area (Å²) in [5.74, 6) is 1.29. The lowest BCUT2D eigenvalue weighted by atomic mass is 10.1. The zero-order valence-electron chi connectivity index (χ0n) is 25.2. The quantitative estimate of drug-likeness (QED) is 0.153. The van der Waals surface area contributed by atoms with E-state index in [0.717, 1.165) is 12.1 Å². The minimum Gasteiger partial charge on any atom is -0.494 e. The monoisotopic (exact) mass is 618 g/mol. The number of nitrogens with zero attached hydrogens (tertiary/aromatic N) is 4. The molecule has 0 fully saturated rings. The third-order valence-electron chi connectivity index (χ3n) is 7.39. The number of benzene rings is 3. The van der Waals surface area contributed by atoms with E-state index in [2.05, 4.69) is 0 Å². The van der Waals surface area contributed by atoms with E-state index in [1.807, 2.05) is 24.5 Å². The molecule has 0 aliphatic heterocycles. The van der Waals surface area contributed by atoms with Crippen LogP contribution in [-0.2, 0) is 28.5 Å². The molecule has 2 heterocycles. The van der Waals surface area contributed by atoms with Crippen LogP contribution in [-0.4, -0.2) is 38.3 Å². The van der Waals surface area contributed by atoms with E-state index in [0.29, 0.717) is 58.3 Å². The molecular weight excluding hydrogens is 585 g/mol. The van der Waals surface area contributed by atoms with Gasteiger partial charge in [0.15, 0.2) is 0 Å². The second kappa shape index (κ2) is 13.4. The zero-order chi connectivity index (χ0) is 32.1. The lowest BCUT2D eigenvalue weighted by molar-refractivity contribution is -0.143. The summed E-state index contributed by atoms with van der Waals surface area (Å²) in [6.07, 6.45) is -2.02. The van der Waals surface area contributed by atoms with Crippen molar-refractivity contribution in [2.45, 2.75) is 52.3 Å². The van der Waals surface area contributed by atoms with Crippen LogP contribution in [0, 0.1) is 0 Å². The summed E-state index contributed by atoms with van der Waals surface area (Å²) >= 11 is 0. The molecule has 234 valence electrons. The molecule has 0 amide bonds. The van der Waals surface area contributed by atoms with Gasteiger partial charge in [0, 0.05) is 19.0 Å². The summed E-state index contributed by atoms with van der Waals surface area (Å²) < 4.78 is 53.7. The number of fused-ring (bicyclic) bond motifs is 1. The Hall–Kier alpha value is -4.93. The molecule has 0 N–H and O–H groups in total. The van der Waals surface area contributed by atoms with Crippen molar-refractivity contribution in [3.05, 3.63) is 118 Å². The number of rotatable bonds is 11. The van der Waals surface area contributed by atoms with Crippen molar-refractivity contribution in [2.24, 2.45) is 0 Å². The molecule has 1 atom stereocenters. The second-order valence-corrected chi connectivity index (χ2v) is 10.5. The smallest absolute Gasteiger partial charge is 0.416 e. The first-order valence-corrected chi connectivity index (χ1v) is 14.7. The molecule has 5 aromatic rings. The van der Waals surface area contributed by atoms with Gasteiger partial charge in [-0.2, -0.15) is 13.2 Å². The summed E-state index contributed by atoms with van der Waals surface area (Å²) in [4.78, 5) is 35.7. The normalized spacial score (nSPS) is 12.3. The number of aromatic nitrogens is 4. The topological polar surface area (TPSA) is 88.2 Å². The Bertz CT molecular complexity index is 1850. The molecule has 2 aromatic heterocycles. The van der Waals surface area contributed by atoms with E-state index >= 15 is 0 Å². The van der Waals surface area contributed by atoms with Gasteiger partial charge in [0.1, 0.15) is 17.4 Å². The van der Waals surface area contributed by atoms with Gasteiger partial charge in [-0.25, -0.2) is 9.97 Å². The van der Waals surface area contributed by atoms with E-state index < -0.39 is 17.8 Å². The number of hydrogen-bond acceptors (Lipinski definition) is 6. The molecule has 0 bridgehead atoms. The van der Waals surface area contributed by atoms with Crippen molar-refractivity contribution < 1.29 is 27.4 Å². The molecule has 45 heavy (non-hydrogen) atoms. The Morgan fingerprint density at radius 1 is 0.933 bits per heavy atom. The number of esters is 1. The molecule has 0 saturated heterocycles. The Balaban J connectivity index is 1.61. The molecule has 0 saturated carbocycles. The number of imidazole rings is 1. The van der Waals surface area contributed by atoms with E-state index in [9.17, 15) is 22.8 Å². The summed E-state index contributed by atoms with van der Waals surface area (Å²) in [6.45, 7) is 6.27. The second-order valence-electron chi connectivity index (χ2n) is 10.5. The average Bonchev–Trinajstić information content (AvgIpc) is 3.42. The summed E-state index contributed by atoms with van der Waals surface area (Å²) in [7, 11) is 0. The lowest BCUT2D eigenvalue weighted by Crippen LogP contribution is -2.27. The van der Waals surface area contributed by atoms with E-state index in [4.69, 9.17) is 19.4 Å². The molecule has 1 unspecified atom stereocenters. The Morgan fingerprint density at radius 3 is 2.31 bits per heavy atom. The SMILES string of the molecule is CCOC(=O)CCc1cn(C(C)c2nc3ccccc3c(=O)n2-c2ccc(OCC)cc2)c(Cc2ccc(C(F)(F)F)cc2)n1. The summed E-state index contributed by atoms with van der Waals surface area (Å²) in [5.41, 5.74) is 1.35. The number of ether oxygens (including phenoxy) is 2. The van der Waals surface area contributed by atoms with Gasteiger partial charge in [0.05, 0.1) is 53.5 Å². The fourth-order valence-electron chi connectivity index (χ4n) is 5.19. The van der Waals surface area contributed by atoms with Crippen LogP contribution < -0.4 is 10.3 Å². The predicted molar refractivity (Wildman–Crippen MR) is 164 cm³/mol. The highest BCUT2D eigenvalue weighted by molar-refractivity contribution is 5.78. The third kappa shape index (κ3) is 7.08. The fraction of sp³-hybridized carbons (Fsp3) is 0.294. The van der Waals surface area contributed by atoms with Gasteiger partial charge in [-0.05, 0) is 74.9 Å². The molecule has 11 heteroatoms. The van der Waals surface area contributed by atoms with Crippen LogP contribution >= 0.6 is 0 Å². The maximum absolute atomic E-state index is 14.0. The number of aryl methyl sites for hydroxylation is 1. The Labute approximate surface area is 258 Å². The third-order valence-corrected chi connectivity index (χ3v) is 7.39. The van der Waals surface area contributed by atoms with E-state index in [1.165, 1.54) is 12.1 Å². The fourth-order valence-corrected chi connectivity index (χ4v) is 5.19. The first kappa shape index (κ1) is 31.5. The molecule has 0 radical (unpaired) electrons. The van der Waals surface area contributed by atoms with Crippen LogP contribution in [0.1, 0.15) is 61.7 Å². The van der Waals surface area contributed by atoms with Crippen molar-refractivity contribution in [3.8, 4) is 11.4 Å². The van der Waals surface area contributed by atoms with Crippen molar-refractivity contribution >= 4 is 16.9 Å². The van der Waals surface area contributed by atoms with Crippen molar-refractivity contribution in [1.29, 1.82) is 0 Å². The lowest BCUT2D eigenvalue weighted by Gasteiger charge is -2.21. The Kier molecular flexibility index (Phi) is 9.36. The maximum Gasteiger partial charge on any atom is 0.416 e. The zero-order valence-corrected chi connectivity index (χ0v) is 25.2. The number of carbonyl (C=O) groups is 1. The maximum atomic E-state index is 14.0. The van der Waals surface area contributed by atoms with Gasteiger partial charge in [0.25, 0.3) is 5.56 Å². The number of hydrogen-bond donors (Lipinski definition) is 0. The van der Waals surface area contributed by atoms with Crippen LogP contribution in [0.2, 0.25) is 0 Å². The van der Waals surface area contributed by atoms with Gasteiger partial charge in [-0.1, -0.05) is 24.3 Å². The van der Waals surface area contributed by atoms with Gasteiger partial charge >= 0.3 is 12.1 Å². The molecule has 3 aromatic carbocycles. The first-order valence-electron chi connectivity index (χ1n) is 14.7. The molecule has 8 nitrogen and oxygen atoms in total. The first-order chi connectivity index (χ1) is 21.6. The summed E-state index contributed by atoms with van der Waals surface area (Å²) in [5, 5.41) is 0.452. The molecular formula is C34H33F3N4O4. The van der Waals surface area contributed by atoms with Gasteiger partial charge in [-0.15, -0.1) is 0 Å². The van der Waals surface area contributed by atoms with Gasteiger partial charge in [-0.3, -0.25) is 14.2 Å². The standard InChI is InChI=1S/C34H33F3N4O4/c1-4-44-27-17-15-26(16-18-27)41-32(39-29-9-7-6-8-28(29)33(41)43)22(3)40-21-25(14-19-31(42)45-5-2)38-30(40)20-23-10-12-24(13-11-23)34(35,36)37/h6-13,15-18,21-22H,4-5,14,19-20H2,1-3H3. The highest BCUT2D eigenvalue weighted by Crippen LogP contribution is 2.30. The van der Waals surface area contributed by atoms with Crippen LogP contribution in [0.4, 0.5) is 13.2 Å². The van der Waals surface area contributed by atoms with Crippen LogP contribution in [0.15, 0.2) is 83.8 Å². The van der Waals surface area contributed by atoms with Crippen LogP contribution in [0.25, 0.3) is 16.6 Å². The minimum atomic E-state index is -4.45. The highest BCUT2D eigenvalue weighted by Gasteiger charge is 2.30. The molecule has 0 aliphatic rings. The largest absolute Gasteiger partial charge is 0.494 e. The number of para-hydroxylation sites is 1. The molecule has 0 spiro atoms. The number of carbonyl (C=O) groups excluding carboxylic acids is 1.